The van der Waals surface area contributed by atoms with Crippen LogP contribution in [0.3, 0.4) is 0 Å². The Hall–Kier alpha value is -0.660. The van der Waals surface area contributed by atoms with Crippen LogP contribution in [0.4, 0.5) is 0 Å². The number of carbonyl (C=O) groups is 2. The molecule has 2 unspecified atom stereocenters. The summed E-state index contributed by atoms with van der Waals surface area (Å²) in [5.41, 5.74) is 0. The van der Waals surface area contributed by atoms with Crippen LogP contribution in [-0.4, -0.2) is 12.6 Å². The van der Waals surface area contributed by atoms with Gasteiger partial charge in [0.15, 0.2) is 0 Å². The van der Waals surface area contributed by atoms with E-state index in [1.165, 1.54) is 32.1 Å². The van der Waals surface area contributed by atoms with E-state index >= 15 is 0 Å². The number of hydrogen-bond donors (Lipinski definition) is 0. The lowest BCUT2D eigenvalue weighted by atomic mass is 9.73. The van der Waals surface area contributed by atoms with Crippen molar-refractivity contribution in [1.82, 2.24) is 0 Å². The van der Waals surface area contributed by atoms with Crippen molar-refractivity contribution in [3.63, 3.8) is 0 Å². The van der Waals surface area contributed by atoms with Crippen LogP contribution in [0.15, 0.2) is 0 Å². The highest BCUT2D eigenvalue weighted by molar-refractivity contribution is 5.53. The van der Waals surface area contributed by atoms with Gasteiger partial charge < -0.3 is 9.59 Å². The fourth-order valence-electron chi connectivity index (χ4n) is 3.70. The van der Waals surface area contributed by atoms with E-state index in [-0.39, 0.29) is 0 Å². The molecule has 2 fully saturated rings. The van der Waals surface area contributed by atoms with Crippen LogP contribution in [0.2, 0.25) is 0 Å². The molecule has 0 spiro atoms. The normalized spacial score (nSPS) is 38.6. The summed E-state index contributed by atoms with van der Waals surface area (Å²) in [7, 11) is 0. The smallest absolute Gasteiger partial charge is 0.123 e. The Morgan fingerprint density at radius 1 is 0.765 bits per heavy atom. The molecule has 0 aliphatic heterocycles. The number of aldehydes is 2. The van der Waals surface area contributed by atoms with Crippen LogP contribution in [0, 0.1) is 23.7 Å². The Kier molecular flexibility index (Phi) is 4.75. The average molecular weight is 236 g/mol. The first kappa shape index (κ1) is 12.8. The van der Waals surface area contributed by atoms with Crippen LogP contribution in [0.25, 0.3) is 0 Å². The van der Waals surface area contributed by atoms with Crippen LogP contribution >= 0.6 is 0 Å². The van der Waals surface area contributed by atoms with Gasteiger partial charge in [-0.2, -0.15) is 0 Å². The lowest BCUT2D eigenvalue weighted by molar-refractivity contribution is -0.113. The van der Waals surface area contributed by atoms with Crippen molar-refractivity contribution in [2.75, 3.05) is 0 Å². The summed E-state index contributed by atoms with van der Waals surface area (Å²) in [6.07, 6.45) is 13.0. The molecule has 0 saturated heterocycles. The van der Waals surface area contributed by atoms with E-state index < -0.39 is 0 Å². The first-order valence-electron chi connectivity index (χ1n) is 7.22. The average Bonchev–Trinajstić information content (AvgIpc) is 2.40. The quantitative estimate of drug-likeness (QED) is 0.701. The predicted molar refractivity (Wildman–Crippen MR) is 67.6 cm³/mol. The fourth-order valence-corrected chi connectivity index (χ4v) is 3.70. The van der Waals surface area contributed by atoms with Crippen molar-refractivity contribution in [2.24, 2.45) is 23.7 Å². The van der Waals surface area contributed by atoms with Gasteiger partial charge in [-0.05, 0) is 56.8 Å². The van der Waals surface area contributed by atoms with E-state index in [4.69, 9.17) is 0 Å². The van der Waals surface area contributed by atoms with Gasteiger partial charge in [-0.3, -0.25) is 0 Å². The highest BCUT2D eigenvalue weighted by Gasteiger charge is 2.27. The third-order valence-electron chi connectivity index (χ3n) is 4.77. The van der Waals surface area contributed by atoms with Crippen LogP contribution in [0.1, 0.15) is 57.8 Å². The van der Waals surface area contributed by atoms with Crippen molar-refractivity contribution in [3.05, 3.63) is 0 Å². The molecule has 2 saturated carbocycles. The maximum atomic E-state index is 10.8. The van der Waals surface area contributed by atoms with Gasteiger partial charge in [-0.1, -0.05) is 12.8 Å². The van der Waals surface area contributed by atoms with Crippen LogP contribution in [0.5, 0.6) is 0 Å². The molecule has 0 bridgehead atoms. The van der Waals surface area contributed by atoms with E-state index in [9.17, 15) is 9.59 Å². The molecule has 2 aliphatic carbocycles. The number of rotatable bonds is 4. The molecule has 2 atom stereocenters. The van der Waals surface area contributed by atoms with E-state index in [0.717, 1.165) is 50.1 Å². The van der Waals surface area contributed by atoms with Gasteiger partial charge in [-0.15, -0.1) is 0 Å². The van der Waals surface area contributed by atoms with Gasteiger partial charge in [0, 0.05) is 11.8 Å². The second-order valence-electron chi connectivity index (χ2n) is 6.08. The van der Waals surface area contributed by atoms with Gasteiger partial charge in [0.2, 0.25) is 0 Å². The minimum atomic E-state index is 0.333. The molecular formula is C15H24O2. The Morgan fingerprint density at radius 3 is 2.12 bits per heavy atom. The van der Waals surface area contributed by atoms with Gasteiger partial charge in [0.25, 0.3) is 0 Å². The minimum Gasteiger partial charge on any atom is -0.303 e. The second-order valence-corrected chi connectivity index (χ2v) is 6.08. The molecule has 0 amide bonds. The zero-order valence-electron chi connectivity index (χ0n) is 10.6. The van der Waals surface area contributed by atoms with Crippen LogP contribution in [-0.2, 0) is 9.59 Å². The summed E-state index contributed by atoms with van der Waals surface area (Å²) in [5, 5.41) is 0. The SMILES string of the molecule is O=CC1CCC(CC2CCCC(C=O)C2)CC1. The predicted octanol–water partition coefficient (Wildman–Crippen LogP) is 3.39. The summed E-state index contributed by atoms with van der Waals surface area (Å²) in [6, 6.07) is 0. The van der Waals surface area contributed by atoms with E-state index in [1.54, 1.807) is 0 Å². The van der Waals surface area contributed by atoms with Crippen molar-refractivity contribution < 1.29 is 9.59 Å². The first-order chi connectivity index (χ1) is 8.31. The van der Waals surface area contributed by atoms with E-state index in [1.807, 2.05) is 0 Å². The van der Waals surface area contributed by atoms with Crippen molar-refractivity contribution in [3.8, 4) is 0 Å². The molecular weight excluding hydrogens is 212 g/mol. The van der Waals surface area contributed by atoms with Crippen molar-refractivity contribution >= 4 is 12.6 Å². The Bertz CT molecular complexity index is 254. The lowest BCUT2D eigenvalue weighted by Gasteiger charge is -2.32. The maximum Gasteiger partial charge on any atom is 0.123 e. The number of carbonyl (C=O) groups excluding carboxylic acids is 2. The molecule has 2 aliphatic rings. The molecule has 96 valence electrons. The summed E-state index contributed by atoms with van der Waals surface area (Å²) in [5.74, 6) is 2.26. The monoisotopic (exact) mass is 236 g/mol. The maximum absolute atomic E-state index is 10.8. The minimum absolute atomic E-state index is 0.333. The zero-order chi connectivity index (χ0) is 12.1. The van der Waals surface area contributed by atoms with Crippen molar-refractivity contribution in [1.29, 1.82) is 0 Å². The molecule has 0 aromatic rings. The van der Waals surface area contributed by atoms with E-state index in [2.05, 4.69) is 0 Å². The standard InChI is InChI=1S/C15H24O2/c16-10-13-6-4-12(5-7-13)8-14-2-1-3-15(9-14)11-17/h10-15H,1-9H2. The highest BCUT2D eigenvalue weighted by atomic mass is 16.1. The largest absolute Gasteiger partial charge is 0.303 e. The first-order valence-corrected chi connectivity index (χ1v) is 7.22. The van der Waals surface area contributed by atoms with Gasteiger partial charge >= 0.3 is 0 Å². The van der Waals surface area contributed by atoms with Crippen LogP contribution < -0.4 is 0 Å². The van der Waals surface area contributed by atoms with Gasteiger partial charge in [-0.25, -0.2) is 0 Å². The third kappa shape index (κ3) is 3.65. The molecule has 0 N–H and O–H groups in total. The van der Waals surface area contributed by atoms with Gasteiger partial charge in [0.05, 0.1) is 0 Å². The van der Waals surface area contributed by atoms with Crippen molar-refractivity contribution in [2.45, 2.75) is 57.8 Å². The van der Waals surface area contributed by atoms with Gasteiger partial charge in [0.1, 0.15) is 12.6 Å². The summed E-state index contributed by atoms with van der Waals surface area (Å²) >= 11 is 0. The highest BCUT2D eigenvalue weighted by Crippen LogP contribution is 2.37. The fraction of sp³-hybridized carbons (Fsp3) is 0.867. The third-order valence-corrected chi connectivity index (χ3v) is 4.77. The summed E-state index contributed by atoms with van der Waals surface area (Å²) in [6.45, 7) is 0. The summed E-state index contributed by atoms with van der Waals surface area (Å²) < 4.78 is 0. The Balaban J connectivity index is 1.73. The molecule has 0 radical (unpaired) electrons. The number of hydrogen-bond acceptors (Lipinski definition) is 2. The van der Waals surface area contributed by atoms with E-state index in [0.29, 0.717) is 11.8 Å². The molecule has 2 heteroatoms. The zero-order valence-corrected chi connectivity index (χ0v) is 10.6. The molecule has 17 heavy (non-hydrogen) atoms. The molecule has 2 nitrogen and oxygen atoms in total. The lowest BCUT2D eigenvalue weighted by Crippen LogP contribution is -2.22. The topological polar surface area (TPSA) is 34.1 Å². The second kappa shape index (κ2) is 6.32. The molecule has 2 rings (SSSR count). The molecule has 0 aromatic carbocycles. The Labute approximate surface area is 104 Å². The summed E-state index contributed by atoms with van der Waals surface area (Å²) in [4.78, 5) is 21.5. The molecule has 0 heterocycles. The molecule has 0 aromatic heterocycles. The Morgan fingerprint density at radius 2 is 1.47 bits per heavy atom.